The lowest BCUT2D eigenvalue weighted by Crippen LogP contribution is -2.22. The van der Waals surface area contributed by atoms with Crippen LogP contribution in [0, 0.1) is 6.92 Å². The lowest BCUT2D eigenvalue weighted by Gasteiger charge is -2.22. The summed E-state index contributed by atoms with van der Waals surface area (Å²) in [4.78, 5) is 27.3. The van der Waals surface area contributed by atoms with Crippen LogP contribution in [0.25, 0.3) is 0 Å². The SMILES string of the molecule is CCN(CC)c1ccc(NC(=O)c2cnc(NCc3ccncc3)cn2)c(C)c1. The van der Waals surface area contributed by atoms with Gasteiger partial charge in [0.25, 0.3) is 5.91 Å². The zero-order valence-corrected chi connectivity index (χ0v) is 17.0. The predicted octanol–water partition coefficient (Wildman–Crippen LogP) is 3.89. The standard InChI is InChI=1S/C22H26N6O/c1-4-28(5-2)18-6-7-19(16(3)12-18)27-22(29)20-14-26-21(15-24-20)25-13-17-8-10-23-11-9-17/h6-12,14-15H,4-5,13H2,1-3H3,(H,25,26)(H,27,29). The monoisotopic (exact) mass is 390 g/mol. The number of nitrogens with one attached hydrogen (secondary N) is 2. The van der Waals surface area contributed by atoms with E-state index in [1.165, 1.54) is 6.20 Å². The summed E-state index contributed by atoms with van der Waals surface area (Å²) in [6.45, 7) is 8.74. The Kier molecular flexibility index (Phi) is 6.73. The van der Waals surface area contributed by atoms with Crippen molar-refractivity contribution in [2.24, 2.45) is 0 Å². The molecule has 0 saturated carbocycles. The molecule has 0 spiro atoms. The number of amides is 1. The fraction of sp³-hybridized carbons (Fsp3) is 0.273. The summed E-state index contributed by atoms with van der Waals surface area (Å²) in [5, 5.41) is 6.09. The summed E-state index contributed by atoms with van der Waals surface area (Å²) in [6, 6.07) is 9.89. The Balaban J connectivity index is 1.62. The molecule has 3 rings (SSSR count). The zero-order chi connectivity index (χ0) is 20.6. The fourth-order valence-electron chi connectivity index (χ4n) is 2.99. The van der Waals surface area contributed by atoms with Crippen molar-refractivity contribution in [3.8, 4) is 0 Å². The number of carbonyl (C=O) groups excluding carboxylic acids is 1. The zero-order valence-electron chi connectivity index (χ0n) is 17.0. The molecule has 7 nitrogen and oxygen atoms in total. The summed E-state index contributed by atoms with van der Waals surface area (Å²) in [7, 11) is 0. The molecule has 0 saturated heterocycles. The van der Waals surface area contributed by atoms with Crippen LogP contribution in [-0.4, -0.2) is 33.9 Å². The van der Waals surface area contributed by atoms with Gasteiger partial charge in [-0.3, -0.25) is 9.78 Å². The van der Waals surface area contributed by atoms with Crippen molar-refractivity contribution in [2.45, 2.75) is 27.3 Å². The first-order valence-electron chi connectivity index (χ1n) is 9.72. The fourth-order valence-corrected chi connectivity index (χ4v) is 2.99. The van der Waals surface area contributed by atoms with Crippen molar-refractivity contribution in [3.05, 3.63) is 71.9 Å². The molecular formula is C22H26N6O. The van der Waals surface area contributed by atoms with E-state index in [-0.39, 0.29) is 11.6 Å². The van der Waals surface area contributed by atoms with E-state index in [2.05, 4.69) is 50.4 Å². The minimum absolute atomic E-state index is 0.270. The van der Waals surface area contributed by atoms with Crippen LogP contribution in [0.1, 0.15) is 35.5 Å². The first-order chi connectivity index (χ1) is 14.1. The van der Waals surface area contributed by atoms with Gasteiger partial charge in [-0.05, 0) is 62.2 Å². The summed E-state index contributed by atoms with van der Waals surface area (Å²) in [6.07, 6.45) is 6.52. The molecule has 1 aromatic carbocycles. The maximum atomic E-state index is 12.5. The molecule has 0 bridgehead atoms. The van der Waals surface area contributed by atoms with Crippen LogP contribution in [0.3, 0.4) is 0 Å². The van der Waals surface area contributed by atoms with Crippen molar-refractivity contribution in [1.82, 2.24) is 15.0 Å². The molecule has 2 heterocycles. The van der Waals surface area contributed by atoms with E-state index < -0.39 is 0 Å². The number of rotatable bonds is 8. The van der Waals surface area contributed by atoms with Gasteiger partial charge in [-0.1, -0.05) is 0 Å². The second-order valence-corrected chi connectivity index (χ2v) is 6.62. The van der Waals surface area contributed by atoms with Gasteiger partial charge in [0.2, 0.25) is 0 Å². The number of benzene rings is 1. The normalized spacial score (nSPS) is 10.4. The highest BCUT2D eigenvalue weighted by molar-refractivity contribution is 6.03. The lowest BCUT2D eigenvalue weighted by molar-refractivity contribution is 0.102. The van der Waals surface area contributed by atoms with E-state index in [0.29, 0.717) is 12.4 Å². The molecule has 7 heteroatoms. The number of carbonyl (C=O) groups is 1. The van der Waals surface area contributed by atoms with Crippen molar-refractivity contribution >= 4 is 23.1 Å². The van der Waals surface area contributed by atoms with E-state index in [1.54, 1.807) is 18.6 Å². The molecule has 0 atom stereocenters. The van der Waals surface area contributed by atoms with E-state index in [4.69, 9.17) is 0 Å². The van der Waals surface area contributed by atoms with Crippen LogP contribution in [0.4, 0.5) is 17.2 Å². The quantitative estimate of drug-likeness (QED) is 0.607. The first-order valence-corrected chi connectivity index (χ1v) is 9.72. The van der Waals surface area contributed by atoms with Gasteiger partial charge in [0.15, 0.2) is 0 Å². The van der Waals surface area contributed by atoms with Gasteiger partial charge in [0, 0.05) is 43.4 Å². The maximum absolute atomic E-state index is 12.5. The van der Waals surface area contributed by atoms with Crippen LogP contribution >= 0.6 is 0 Å². The third kappa shape index (κ3) is 5.28. The molecule has 150 valence electrons. The average Bonchev–Trinajstić information content (AvgIpc) is 2.76. The van der Waals surface area contributed by atoms with Crippen molar-refractivity contribution in [3.63, 3.8) is 0 Å². The highest BCUT2D eigenvalue weighted by Gasteiger charge is 2.11. The minimum Gasteiger partial charge on any atom is -0.372 e. The van der Waals surface area contributed by atoms with Crippen LogP contribution in [-0.2, 0) is 6.54 Å². The molecule has 29 heavy (non-hydrogen) atoms. The second kappa shape index (κ2) is 9.64. The highest BCUT2D eigenvalue weighted by atomic mass is 16.1. The van der Waals surface area contributed by atoms with Gasteiger partial charge < -0.3 is 15.5 Å². The molecule has 0 fully saturated rings. The Morgan fingerprint density at radius 2 is 1.79 bits per heavy atom. The molecule has 2 N–H and O–H groups in total. The van der Waals surface area contributed by atoms with Gasteiger partial charge in [-0.15, -0.1) is 0 Å². The van der Waals surface area contributed by atoms with Crippen molar-refractivity contribution in [2.75, 3.05) is 28.6 Å². The Labute approximate surface area is 171 Å². The molecule has 0 aliphatic carbocycles. The van der Waals surface area contributed by atoms with E-state index in [9.17, 15) is 4.79 Å². The third-order valence-electron chi connectivity index (χ3n) is 4.69. The van der Waals surface area contributed by atoms with Gasteiger partial charge in [-0.25, -0.2) is 9.97 Å². The highest BCUT2D eigenvalue weighted by Crippen LogP contribution is 2.23. The van der Waals surface area contributed by atoms with Crippen LogP contribution in [0.5, 0.6) is 0 Å². The molecule has 0 aliphatic rings. The Hall–Kier alpha value is -3.48. The van der Waals surface area contributed by atoms with Crippen molar-refractivity contribution in [1.29, 1.82) is 0 Å². The Morgan fingerprint density at radius 3 is 2.41 bits per heavy atom. The molecular weight excluding hydrogens is 364 g/mol. The molecule has 3 aromatic rings. The average molecular weight is 390 g/mol. The van der Waals surface area contributed by atoms with E-state index in [1.807, 2.05) is 31.2 Å². The Bertz CT molecular complexity index is 939. The Morgan fingerprint density at radius 1 is 1.03 bits per heavy atom. The van der Waals surface area contributed by atoms with Gasteiger partial charge in [0.05, 0.1) is 12.4 Å². The van der Waals surface area contributed by atoms with Crippen LogP contribution in [0.15, 0.2) is 55.1 Å². The van der Waals surface area contributed by atoms with E-state index in [0.717, 1.165) is 35.6 Å². The largest absolute Gasteiger partial charge is 0.372 e. The van der Waals surface area contributed by atoms with Gasteiger partial charge in [-0.2, -0.15) is 0 Å². The molecule has 0 radical (unpaired) electrons. The smallest absolute Gasteiger partial charge is 0.275 e. The second-order valence-electron chi connectivity index (χ2n) is 6.62. The molecule has 0 aliphatic heterocycles. The molecule has 0 unspecified atom stereocenters. The summed E-state index contributed by atoms with van der Waals surface area (Å²) < 4.78 is 0. The minimum atomic E-state index is -0.281. The number of hydrogen-bond acceptors (Lipinski definition) is 6. The van der Waals surface area contributed by atoms with Gasteiger partial charge >= 0.3 is 0 Å². The summed E-state index contributed by atoms with van der Waals surface area (Å²) >= 11 is 0. The predicted molar refractivity (Wildman–Crippen MR) is 116 cm³/mol. The third-order valence-corrected chi connectivity index (χ3v) is 4.69. The number of anilines is 3. The number of nitrogens with zero attached hydrogens (tertiary/aromatic N) is 4. The summed E-state index contributed by atoms with van der Waals surface area (Å²) in [5.74, 6) is 0.329. The molecule has 1 amide bonds. The van der Waals surface area contributed by atoms with Gasteiger partial charge in [0.1, 0.15) is 11.5 Å². The summed E-state index contributed by atoms with van der Waals surface area (Å²) in [5.41, 5.74) is 4.28. The van der Waals surface area contributed by atoms with Crippen LogP contribution < -0.4 is 15.5 Å². The number of hydrogen-bond donors (Lipinski definition) is 2. The van der Waals surface area contributed by atoms with Crippen molar-refractivity contribution < 1.29 is 4.79 Å². The van der Waals surface area contributed by atoms with E-state index >= 15 is 0 Å². The lowest BCUT2D eigenvalue weighted by atomic mass is 10.1. The molecule has 2 aromatic heterocycles. The number of aryl methyl sites for hydroxylation is 1. The topological polar surface area (TPSA) is 83.0 Å². The first kappa shape index (κ1) is 20.3. The number of aromatic nitrogens is 3. The van der Waals surface area contributed by atoms with Crippen LogP contribution in [0.2, 0.25) is 0 Å². The number of pyridine rings is 1. The maximum Gasteiger partial charge on any atom is 0.275 e.